The number of fused-ring (bicyclic) bond motifs is 2. The van der Waals surface area contributed by atoms with Gasteiger partial charge < -0.3 is 39.4 Å². The lowest BCUT2D eigenvalue weighted by Crippen LogP contribution is -2.36. The number of amides is 2. The summed E-state index contributed by atoms with van der Waals surface area (Å²) in [7, 11) is 2.02. The first-order valence-corrected chi connectivity index (χ1v) is 18.6. The van der Waals surface area contributed by atoms with Crippen molar-refractivity contribution in [3.05, 3.63) is 46.6 Å². The molecule has 1 unspecified atom stereocenters. The number of carbonyl (C=O) groups is 3. The predicted octanol–water partition coefficient (Wildman–Crippen LogP) is 3.98. The van der Waals surface area contributed by atoms with Crippen molar-refractivity contribution in [2.24, 2.45) is 5.41 Å². The molecule has 2 fully saturated rings. The van der Waals surface area contributed by atoms with Gasteiger partial charge in [0.2, 0.25) is 11.8 Å². The number of ether oxygens (including phenoxy) is 2. The maximum absolute atomic E-state index is 12.4. The Bertz CT molecular complexity index is 1710. The van der Waals surface area contributed by atoms with Crippen molar-refractivity contribution in [2.75, 3.05) is 64.5 Å². The second-order valence-corrected chi connectivity index (χ2v) is 15.5. The molecule has 2 saturated heterocycles. The van der Waals surface area contributed by atoms with E-state index in [0.717, 1.165) is 80.2 Å². The minimum atomic E-state index is -0.110. The van der Waals surface area contributed by atoms with Crippen LogP contribution in [0.2, 0.25) is 5.02 Å². The van der Waals surface area contributed by atoms with Gasteiger partial charge in [0.1, 0.15) is 25.0 Å². The van der Waals surface area contributed by atoms with Gasteiger partial charge in [0.25, 0.3) is 0 Å². The van der Waals surface area contributed by atoms with Gasteiger partial charge in [-0.2, -0.15) is 5.10 Å². The number of aromatic nitrogens is 4. The Morgan fingerprint density at radius 3 is 2.38 bits per heavy atom. The number of halogens is 1. The molecule has 0 bridgehead atoms. The molecule has 0 saturated carbocycles. The van der Waals surface area contributed by atoms with Crippen molar-refractivity contribution in [3.63, 3.8) is 0 Å². The topological polar surface area (TPSA) is 155 Å². The lowest BCUT2D eigenvalue weighted by Gasteiger charge is -2.33. The van der Waals surface area contributed by atoms with E-state index in [-0.39, 0.29) is 35.8 Å². The smallest absolute Gasteiger partial charge is 0.227 e. The van der Waals surface area contributed by atoms with Crippen LogP contribution in [0.25, 0.3) is 11.1 Å². The highest BCUT2D eigenvalue weighted by molar-refractivity contribution is 6.33. The molecule has 0 aliphatic carbocycles. The zero-order valence-electron chi connectivity index (χ0n) is 31.6. The van der Waals surface area contributed by atoms with Crippen LogP contribution in [0.15, 0.2) is 24.5 Å². The maximum Gasteiger partial charge on any atom is 0.227 e. The van der Waals surface area contributed by atoms with E-state index in [1.165, 1.54) is 5.69 Å². The fraction of sp³-hybridized carbons (Fsp3) is 0.579. The van der Waals surface area contributed by atoms with Gasteiger partial charge >= 0.3 is 0 Å². The predicted molar refractivity (Wildman–Crippen MR) is 203 cm³/mol. The number of likely N-dealkylation sites (N-methyl/N-ethyl adjacent to an activating group) is 1. The molecule has 0 spiro atoms. The number of carbonyl (C=O) groups excluding carboxylic acids is 3. The highest BCUT2D eigenvalue weighted by Crippen LogP contribution is 2.45. The Labute approximate surface area is 316 Å². The number of hydrogen-bond donors (Lipinski definition) is 2. The molecule has 15 heteroatoms. The number of aliphatic hydroxyl groups excluding tert-OH is 1. The zero-order valence-corrected chi connectivity index (χ0v) is 32.3. The van der Waals surface area contributed by atoms with E-state index in [0.29, 0.717) is 49.4 Å². The van der Waals surface area contributed by atoms with Crippen molar-refractivity contribution in [3.8, 4) is 16.9 Å². The number of anilines is 2. The SMILES string of the molecule is C=O.CC(=O)N1CCc2c(c(N3CCOc4cc(-c5cnc(CC(=O)NCC(C)(C)C)nc5)c(Cl)cc43)nn2C2CCOCC2)C1.CN1CCC(O)C1. The third kappa shape index (κ3) is 10.1. The molecule has 1 atom stereocenters. The Morgan fingerprint density at radius 2 is 1.77 bits per heavy atom. The third-order valence-electron chi connectivity index (χ3n) is 9.73. The fourth-order valence-corrected chi connectivity index (χ4v) is 7.16. The fourth-order valence-electron chi connectivity index (χ4n) is 6.89. The molecule has 6 heterocycles. The molecular weight excluding hydrogens is 700 g/mol. The van der Waals surface area contributed by atoms with Gasteiger partial charge in [-0.1, -0.05) is 32.4 Å². The van der Waals surface area contributed by atoms with E-state index in [9.17, 15) is 9.59 Å². The molecular formula is C38H53ClN8O6. The maximum atomic E-state index is 12.4. The molecule has 14 nitrogen and oxygen atoms in total. The van der Waals surface area contributed by atoms with Gasteiger partial charge in [-0.15, -0.1) is 0 Å². The van der Waals surface area contributed by atoms with Crippen molar-refractivity contribution >= 4 is 41.7 Å². The van der Waals surface area contributed by atoms with E-state index in [4.69, 9.17) is 36.1 Å². The molecule has 4 aliphatic heterocycles. The van der Waals surface area contributed by atoms with E-state index in [1.54, 1.807) is 19.3 Å². The molecule has 288 valence electrons. The number of nitrogens with one attached hydrogen (secondary N) is 1. The summed E-state index contributed by atoms with van der Waals surface area (Å²) in [5.74, 6) is 1.94. The van der Waals surface area contributed by atoms with E-state index < -0.39 is 0 Å². The van der Waals surface area contributed by atoms with Gasteiger partial charge in [0, 0.05) is 87.5 Å². The van der Waals surface area contributed by atoms with Gasteiger partial charge in [-0.25, -0.2) is 9.97 Å². The highest BCUT2D eigenvalue weighted by atomic mass is 35.5. The average molecular weight is 753 g/mol. The van der Waals surface area contributed by atoms with E-state index in [2.05, 4.69) is 50.5 Å². The van der Waals surface area contributed by atoms with Crippen molar-refractivity contribution in [1.82, 2.24) is 34.9 Å². The molecule has 1 aromatic carbocycles. The molecule has 2 aromatic heterocycles. The molecule has 53 heavy (non-hydrogen) atoms. The van der Waals surface area contributed by atoms with Gasteiger partial charge in [0.05, 0.1) is 42.4 Å². The molecule has 0 radical (unpaired) electrons. The lowest BCUT2D eigenvalue weighted by atomic mass is 9.97. The monoisotopic (exact) mass is 752 g/mol. The Morgan fingerprint density at radius 1 is 1.06 bits per heavy atom. The lowest BCUT2D eigenvalue weighted by molar-refractivity contribution is -0.129. The van der Waals surface area contributed by atoms with Gasteiger partial charge in [-0.05, 0) is 43.9 Å². The first-order chi connectivity index (χ1) is 25.4. The quantitative estimate of drug-likeness (QED) is 0.376. The number of aliphatic hydroxyl groups is 1. The number of nitrogens with zero attached hydrogens (tertiary/aromatic N) is 7. The summed E-state index contributed by atoms with van der Waals surface area (Å²) in [5.41, 5.74) is 4.59. The average Bonchev–Trinajstić information content (AvgIpc) is 3.73. The van der Waals surface area contributed by atoms with E-state index >= 15 is 0 Å². The van der Waals surface area contributed by atoms with Crippen molar-refractivity contribution < 1.29 is 29.0 Å². The van der Waals surface area contributed by atoms with Crippen molar-refractivity contribution in [2.45, 2.75) is 78.5 Å². The Kier molecular flexibility index (Phi) is 13.5. The molecule has 2 amide bonds. The molecule has 3 aromatic rings. The van der Waals surface area contributed by atoms with E-state index in [1.807, 2.05) is 30.9 Å². The first-order valence-electron chi connectivity index (χ1n) is 18.3. The summed E-state index contributed by atoms with van der Waals surface area (Å²) in [6, 6.07) is 4.10. The standard InChI is InChI=1S/C32H40ClN7O4.C5H11NO.CH2O/c1-20(41)38-8-5-26-24(18-38)31(37-40(26)22-6-10-43-11-7-22)39-9-12-44-28-13-23(25(33)14-27(28)39)21-16-34-29(35-17-21)15-30(42)36-19-32(2,3)4;1-6-3-2-5(7)4-6;1-2/h13-14,16-17,22H,5-12,15,18-19H2,1-4H3,(H,36,42);5,7H,2-4H2,1H3;1H2. The van der Waals surface area contributed by atoms with Crippen LogP contribution in [0.5, 0.6) is 5.75 Å². The number of β-amino-alcohol motifs (C(OH)–C–C–N with tert-alkyl or cyclic N) is 1. The normalized spacial score (nSPS) is 18.8. The number of benzene rings is 1. The van der Waals surface area contributed by atoms with Crippen molar-refractivity contribution in [1.29, 1.82) is 0 Å². The molecule has 4 aliphatic rings. The number of hydrogen-bond acceptors (Lipinski definition) is 11. The summed E-state index contributed by atoms with van der Waals surface area (Å²) < 4.78 is 14.0. The molecule has 7 rings (SSSR count). The summed E-state index contributed by atoms with van der Waals surface area (Å²) in [6.07, 6.45) is 7.00. The Balaban J connectivity index is 0.000000534. The number of rotatable bonds is 6. The second kappa shape index (κ2) is 17.8. The Hall–Kier alpha value is -4.11. The van der Waals surface area contributed by atoms with Crippen LogP contribution in [-0.2, 0) is 38.5 Å². The number of likely N-dealkylation sites (tertiary alicyclic amines) is 1. The summed E-state index contributed by atoms with van der Waals surface area (Å²) >= 11 is 6.90. The van der Waals surface area contributed by atoms with Gasteiger partial charge in [0.15, 0.2) is 5.82 Å². The second-order valence-electron chi connectivity index (χ2n) is 15.1. The van der Waals surface area contributed by atoms with Crippen LogP contribution in [-0.4, -0.2) is 119 Å². The summed E-state index contributed by atoms with van der Waals surface area (Å²) in [4.78, 5) is 47.8. The first kappa shape index (κ1) is 40.1. The van der Waals surface area contributed by atoms with Crippen LogP contribution in [0, 0.1) is 5.41 Å². The van der Waals surface area contributed by atoms with Gasteiger partial charge in [-0.3, -0.25) is 14.3 Å². The van der Waals surface area contributed by atoms with Crippen LogP contribution in [0.4, 0.5) is 11.5 Å². The summed E-state index contributed by atoms with van der Waals surface area (Å²) in [6.45, 7) is 16.1. The third-order valence-corrected chi connectivity index (χ3v) is 10.0. The minimum absolute atomic E-state index is 0.000319. The van der Waals surface area contributed by atoms with Crippen LogP contribution >= 0.6 is 11.6 Å². The van der Waals surface area contributed by atoms with Crippen LogP contribution in [0.3, 0.4) is 0 Å². The summed E-state index contributed by atoms with van der Waals surface area (Å²) in [5, 5.41) is 17.5. The minimum Gasteiger partial charge on any atom is -0.490 e. The highest BCUT2D eigenvalue weighted by Gasteiger charge is 2.34. The molecule has 2 N–H and O–H groups in total. The zero-order chi connectivity index (χ0) is 38.3. The van der Waals surface area contributed by atoms with Crippen LogP contribution < -0.4 is 15.0 Å². The largest absolute Gasteiger partial charge is 0.490 e. The van der Waals surface area contributed by atoms with Crippen LogP contribution in [0.1, 0.15) is 70.1 Å².